The Hall–Kier alpha value is -5.20. The lowest BCUT2D eigenvalue weighted by Crippen LogP contribution is -2.15. The minimum atomic E-state index is -0.0893. The van der Waals surface area contributed by atoms with Gasteiger partial charge in [-0.15, -0.1) is 0 Å². The Morgan fingerprint density at radius 3 is 1.49 bits per heavy atom. The third kappa shape index (κ3) is 3.85. The molecule has 0 fully saturated rings. The zero-order chi connectivity index (χ0) is 30.4. The zero-order valence-corrected chi connectivity index (χ0v) is 26.2. The fourth-order valence-corrected chi connectivity index (χ4v) is 7.97. The first kappa shape index (κ1) is 26.2. The summed E-state index contributed by atoms with van der Waals surface area (Å²) >= 11 is 0. The Balaban J connectivity index is 1.19. The summed E-state index contributed by atoms with van der Waals surface area (Å²) in [7, 11) is 0. The van der Waals surface area contributed by atoms with E-state index in [1.807, 2.05) is 0 Å². The predicted molar refractivity (Wildman–Crippen MR) is 194 cm³/mol. The van der Waals surface area contributed by atoms with Crippen LogP contribution in [0.25, 0.3) is 76.5 Å². The van der Waals surface area contributed by atoms with Gasteiger partial charge in [0.1, 0.15) is 0 Å². The summed E-state index contributed by atoms with van der Waals surface area (Å²) in [4.78, 5) is 0. The van der Waals surface area contributed by atoms with E-state index in [0.29, 0.717) is 0 Å². The van der Waals surface area contributed by atoms with Crippen LogP contribution in [0.3, 0.4) is 0 Å². The van der Waals surface area contributed by atoms with E-state index in [4.69, 9.17) is 0 Å². The van der Waals surface area contributed by atoms with Crippen LogP contribution in [0.1, 0.15) is 36.1 Å². The first-order valence-corrected chi connectivity index (χ1v) is 16.0. The van der Waals surface area contributed by atoms with E-state index in [-0.39, 0.29) is 5.41 Å². The SMILES string of the molecule is Cc1c2ccc(-c3ccc4ccccc4c3)cc2c(C)c2cc3c(cc12)-c1ccc(-c2ccc4ccccc4c2)cc1C3(C)C. The molecule has 0 nitrogen and oxygen atoms in total. The second-order valence-corrected chi connectivity index (χ2v) is 13.5. The molecule has 8 aromatic rings. The van der Waals surface area contributed by atoms with Crippen LogP contribution in [0.2, 0.25) is 0 Å². The van der Waals surface area contributed by atoms with Gasteiger partial charge in [0, 0.05) is 5.41 Å². The van der Waals surface area contributed by atoms with Gasteiger partial charge in [-0.3, -0.25) is 0 Å². The first-order chi connectivity index (χ1) is 21.9. The maximum atomic E-state index is 2.50. The van der Waals surface area contributed by atoms with Crippen molar-refractivity contribution in [2.45, 2.75) is 33.1 Å². The van der Waals surface area contributed by atoms with Crippen molar-refractivity contribution >= 4 is 43.1 Å². The molecule has 0 aromatic heterocycles. The first-order valence-electron chi connectivity index (χ1n) is 16.0. The molecule has 0 spiro atoms. The summed E-state index contributed by atoms with van der Waals surface area (Å²) in [5, 5.41) is 10.5. The van der Waals surface area contributed by atoms with Gasteiger partial charge in [0.05, 0.1) is 0 Å². The number of fused-ring (bicyclic) bond motifs is 7. The third-order valence-electron chi connectivity index (χ3n) is 10.6. The predicted octanol–water partition coefficient (Wildman–Crippen LogP) is 12.6. The normalized spacial score (nSPS) is 13.5. The summed E-state index contributed by atoms with van der Waals surface area (Å²) in [6.45, 7) is 9.41. The summed E-state index contributed by atoms with van der Waals surface area (Å²) in [5.41, 5.74) is 13.3. The molecule has 1 aliphatic carbocycles. The molecule has 0 saturated heterocycles. The van der Waals surface area contributed by atoms with E-state index in [9.17, 15) is 0 Å². The number of benzene rings is 8. The highest BCUT2D eigenvalue weighted by Gasteiger charge is 2.36. The Morgan fingerprint density at radius 2 is 0.822 bits per heavy atom. The van der Waals surface area contributed by atoms with Gasteiger partial charge >= 0.3 is 0 Å². The topological polar surface area (TPSA) is 0 Å². The van der Waals surface area contributed by atoms with Crippen LogP contribution >= 0.6 is 0 Å². The van der Waals surface area contributed by atoms with E-state index >= 15 is 0 Å². The van der Waals surface area contributed by atoms with Crippen LogP contribution in [0.15, 0.2) is 133 Å². The van der Waals surface area contributed by atoms with Crippen LogP contribution in [0, 0.1) is 13.8 Å². The quantitative estimate of drug-likeness (QED) is 0.180. The fraction of sp³-hybridized carbons (Fsp3) is 0.111. The minimum Gasteiger partial charge on any atom is -0.0616 e. The summed E-state index contributed by atoms with van der Waals surface area (Å²) < 4.78 is 0. The lowest BCUT2D eigenvalue weighted by atomic mass is 9.80. The van der Waals surface area contributed by atoms with E-state index in [2.05, 4.69) is 161 Å². The molecular weight excluding hydrogens is 540 g/mol. The van der Waals surface area contributed by atoms with Crippen molar-refractivity contribution in [2.75, 3.05) is 0 Å². The smallest absolute Gasteiger partial charge is 0.0159 e. The zero-order valence-electron chi connectivity index (χ0n) is 26.2. The van der Waals surface area contributed by atoms with Crippen molar-refractivity contribution in [1.82, 2.24) is 0 Å². The number of aryl methyl sites for hydroxylation is 2. The van der Waals surface area contributed by atoms with Crippen molar-refractivity contribution in [3.8, 4) is 33.4 Å². The molecule has 1 aliphatic rings. The molecule has 0 aliphatic heterocycles. The van der Waals surface area contributed by atoms with Crippen molar-refractivity contribution in [3.05, 3.63) is 156 Å². The molecular formula is C45H34. The van der Waals surface area contributed by atoms with Crippen LogP contribution in [0.4, 0.5) is 0 Å². The standard InChI is InChI=1S/C45H34/c1-27-37-19-17-35(33-15-13-29-9-5-7-11-31(29)21-33)23-39(37)28(2)41-26-44-42(25-40(27)41)38-20-18-36(24-43(38)45(44,3)4)34-16-14-30-10-6-8-12-32(30)22-34/h5-26H,1-4H3. The number of hydrogen-bond acceptors (Lipinski definition) is 0. The summed E-state index contributed by atoms with van der Waals surface area (Å²) in [5.74, 6) is 0. The Bertz CT molecular complexity index is 2520. The van der Waals surface area contributed by atoms with Gasteiger partial charge in [-0.2, -0.15) is 0 Å². The Labute approximate surface area is 264 Å². The summed E-state index contributed by atoms with van der Waals surface area (Å²) in [6.07, 6.45) is 0. The van der Waals surface area contributed by atoms with E-state index in [1.165, 1.54) is 98.7 Å². The highest BCUT2D eigenvalue weighted by molar-refractivity contribution is 6.09. The summed E-state index contributed by atoms with van der Waals surface area (Å²) in [6, 6.07) is 50.0. The van der Waals surface area contributed by atoms with Crippen LogP contribution < -0.4 is 0 Å². The minimum absolute atomic E-state index is 0.0893. The number of rotatable bonds is 2. The molecule has 0 atom stereocenters. The van der Waals surface area contributed by atoms with E-state index in [1.54, 1.807) is 0 Å². The van der Waals surface area contributed by atoms with Crippen LogP contribution in [0.5, 0.6) is 0 Å². The van der Waals surface area contributed by atoms with Crippen LogP contribution in [-0.2, 0) is 5.41 Å². The van der Waals surface area contributed by atoms with Gasteiger partial charge in [-0.05, 0) is 149 Å². The second kappa shape index (κ2) is 9.40. The van der Waals surface area contributed by atoms with Crippen molar-refractivity contribution in [1.29, 1.82) is 0 Å². The van der Waals surface area contributed by atoms with Gasteiger partial charge in [-0.25, -0.2) is 0 Å². The Kier molecular flexibility index (Phi) is 5.48. The van der Waals surface area contributed by atoms with Crippen molar-refractivity contribution < 1.29 is 0 Å². The van der Waals surface area contributed by atoms with Gasteiger partial charge in [-0.1, -0.05) is 111 Å². The average Bonchev–Trinajstić information content (AvgIpc) is 3.30. The van der Waals surface area contributed by atoms with Gasteiger partial charge in [0.2, 0.25) is 0 Å². The molecule has 0 unspecified atom stereocenters. The fourth-order valence-electron chi connectivity index (χ4n) is 7.97. The maximum absolute atomic E-state index is 2.50. The molecule has 0 N–H and O–H groups in total. The van der Waals surface area contributed by atoms with Gasteiger partial charge in [0.15, 0.2) is 0 Å². The molecule has 0 radical (unpaired) electrons. The third-order valence-corrected chi connectivity index (χ3v) is 10.6. The lowest BCUT2D eigenvalue weighted by Gasteiger charge is -2.23. The molecule has 214 valence electrons. The van der Waals surface area contributed by atoms with Crippen molar-refractivity contribution in [2.24, 2.45) is 0 Å². The van der Waals surface area contributed by atoms with Gasteiger partial charge < -0.3 is 0 Å². The van der Waals surface area contributed by atoms with E-state index in [0.717, 1.165) is 0 Å². The number of hydrogen-bond donors (Lipinski definition) is 0. The van der Waals surface area contributed by atoms with E-state index < -0.39 is 0 Å². The molecule has 0 heteroatoms. The highest BCUT2D eigenvalue weighted by Crippen LogP contribution is 2.52. The monoisotopic (exact) mass is 574 g/mol. The largest absolute Gasteiger partial charge is 0.0616 e. The average molecular weight is 575 g/mol. The van der Waals surface area contributed by atoms with Gasteiger partial charge in [0.25, 0.3) is 0 Å². The molecule has 0 heterocycles. The lowest BCUT2D eigenvalue weighted by molar-refractivity contribution is 0.661. The molecule has 0 amide bonds. The molecule has 0 bridgehead atoms. The molecule has 8 aromatic carbocycles. The molecule has 9 rings (SSSR count). The maximum Gasteiger partial charge on any atom is 0.0159 e. The van der Waals surface area contributed by atoms with Crippen LogP contribution in [-0.4, -0.2) is 0 Å². The second-order valence-electron chi connectivity index (χ2n) is 13.5. The molecule has 45 heavy (non-hydrogen) atoms. The van der Waals surface area contributed by atoms with Crippen molar-refractivity contribution in [3.63, 3.8) is 0 Å². The highest BCUT2D eigenvalue weighted by atomic mass is 14.4. The molecule has 0 saturated carbocycles. The Morgan fingerprint density at radius 1 is 0.356 bits per heavy atom.